The van der Waals surface area contributed by atoms with Crippen LogP contribution in [0.4, 0.5) is 0 Å². The Balaban J connectivity index is 1.76. The van der Waals surface area contributed by atoms with Gasteiger partial charge in [-0.25, -0.2) is 0 Å². The number of pyridine rings is 1. The second-order valence-corrected chi connectivity index (χ2v) is 6.15. The first-order valence-corrected chi connectivity index (χ1v) is 7.27. The van der Waals surface area contributed by atoms with Gasteiger partial charge in [0.1, 0.15) is 0 Å². The predicted octanol–water partition coefficient (Wildman–Crippen LogP) is 1.82. The Morgan fingerprint density at radius 3 is 3.06 bits per heavy atom. The van der Waals surface area contributed by atoms with Gasteiger partial charge >= 0.3 is 0 Å². The first-order chi connectivity index (χ1) is 8.83. The maximum absolute atomic E-state index is 12.0. The van der Waals surface area contributed by atoms with Gasteiger partial charge in [0.05, 0.1) is 0 Å². The van der Waals surface area contributed by atoms with Crippen molar-refractivity contribution in [1.82, 2.24) is 9.47 Å². The van der Waals surface area contributed by atoms with Crippen LogP contribution in [0.15, 0.2) is 23.0 Å². The number of rotatable bonds is 0. The zero-order valence-electron chi connectivity index (χ0n) is 10.7. The number of piperidine rings is 2. The van der Waals surface area contributed by atoms with Gasteiger partial charge in [0, 0.05) is 36.8 Å². The summed E-state index contributed by atoms with van der Waals surface area (Å²) in [7, 11) is 0. The lowest BCUT2D eigenvalue weighted by Crippen LogP contribution is -2.54. The lowest BCUT2D eigenvalue weighted by atomic mass is 9.75. The molecule has 18 heavy (non-hydrogen) atoms. The normalized spacial score (nSPS) is 34.8. The van der Waals surface area contributed by atoms with E-state index in [0.29, 0.717) is 11.8 Å². The Kier molecular flexibility index (Phi) is 2.37. The van der Waals surface area contributed by atoms with Crippen LogP contribution < -0.4 is 5.56 Å². The Morgan fingerprint density at radius 2 is 2.11 bits per heavy atom. The van der Waals surface area contributed by atoms with Gasteiger partial charge < -0.3 is 4.57 Å². The SMILES string of the molecule is O=c1cccc2n1CC1CC2CN2CCCC[C@@H]12. The molecule has 3 atom stereocenters. The van der Waals surface area contributed by atoms with Crippen molar-refractivity contribution >= 4 is 0 Å². The molecule has 2 bridgehead atoms. The third-order valence-corrected chi connectivity index (χ3v) is 5.17. The summed E-state index contributed by atoms with van der Waals surface area (Å²) in [6.07, 6.45) is 5.37. The third-order valence-electron chi connectivity index (χ3n) is 5.17. The molecule has 0 N–H and O–H groups in total. The van der Waals surface area contributed by atoms with Crippen molar-refractivity contribution in [3.8, 4) is 0 Å². The molecule has 1 aromatic heterocycles. The smallest absolute Gasteiger partial charge is 0.250 e. The zero-order valence-corrected chi connectivity index (χ0v) is 10.7. The van der Waals surface area contributed by atoms with Crippen LogP contribution in [0, 0.1) is 5.92 Å². The molecule has 3 aliphatic rings. The second-order valence-electron chi connectivity index (χ2n) is 6.15. The van der Waals surface area contributed by atoms with E-state index in [4.69, 9.17) is 0 Å². The molecule has 4 rings (SSSR count). The first-order valence-electron chi connectivity index (χ1n) is 7.27. The van der Waals surface area contributed by atoms with Crippen LogP contribution in [0.2, 0.25) is 0 Å². The Bertz CT molecular complexity index is 521. The van der Waals surface area contributed by atoms with Gasteiger partial charge in [0.25, 0.3) is 5.56 Å². The number of hydrogen-bond acceptors (Lipinski definition) is 2. The average molecular weight is 244 g/mol. The van der Waals surface area contributed by atoms with Crippen molar-refractivity contribution in [2.24, 2.45) is 5.92 Å². The number of aromatic nitrogens is 1. The predicted molar refractivity (Wildman–Crippen MR) is 70.8 cm³/mol. The monoisotopic (exact) mass is 244 g/mol. The van der Waals surface area contributed by atoms with Crippen molar-refractivity contribution in [2.45, 2.75) is 44.2 Å². The van der Waals surface area contributed by atoms with Gasteiger partial charge in [-0.15, -0.1) is 0 Å². The molecule has 2 unspecified atom stereocenters. The zero-order chi connectivity index (χ0) is 12.1. The van der Waals surface area contributed by atoms with Crippen molar-refractivity contribution in [3.05, 3.63) is 34.2 Å². The molecule has 3 aliphatic heterocycles. The highest BCUT2D eigenvalue weighted by atomic mass is 16.1. The fraction of sp³-hybridized carbons (Fsp3) is 0.667. The van der Waals surface area contributed by atoms with Gasteiger partial charge in [-0.05, 0) is 37.8 Å². The number of nitrogens with zero attached hydrogens (tertiary/aromatic N) is 2. The molecule has 0 amide bonds. The van der Waals surface area contributed by atoms with Crippen LogP contribution in [0.1, 0.15) is 37.3 Å². The molecular weight excluding hydrogens is 224 g/mol. The van der Waals surface area contributed by atoms with E-state index in [0.717, 1.165) is 12.6 Å². The highest BCUT2D eigenvalue weighted by Gasteiger charge is 2.41. The van der Waals surface area contributed by atoms with Crippen molar-refractivity contribution in [3.63, 3.8) is 0 Å². The Hall–Kier alpha value is -1.09. The summed E-state index contributed by atoms with van der Waals surface area (Å²) in [6.45, 7) is 3.39. The van der Waals surface area contributed by atoms with E-state index in [2.05, 4.69) is 11.0 Å². The Labute approximate surface area is 107 Å². The molecule has 0 radical (unpaired) electrons. The first kappa shape index (κ1) is 10.8. The molecule has 0 saturated carbocycles. The topological polar surface area (TPSA) is 25.2 Å². The lowest BCUT2D eigenvalue weighted by Gasteiger charge is -2.50. The summed E-state index contributed by atoms with van der Waals surface area (Å²) in [5.74, 6) is 1.30. The van der Waals surface area contributed by atoms with Gasteiger partial charge in [-0.1, -0.05) is 12.5 Å². The summed E-state index contributed by atoms with van der Waals surface area (Å²) in [6, 6.07) is 6.54. The van der Waals surface area contributed by atoms with Crippen LogP contribution in [0.3, 0.4) is 0 Å². The van der Waals surface area contributed by atoms with E-state index in [1.165, 1.54) is 44.5 Å². The van der Waals surface area contributed by atoms with Gasteiger partial charge in [0.15, 0.2) is 0 Å². The van der Waals surface area contributed by atoms with E-state index >= 15 is 0 Å². The fourth-order valence-corrected chi connectivity index (χ4v) is 4.39. The van der Waals surface area contributed by atoms with Gasteiger partial charge in [-0.2, -0.15) is 0 Å². The lowest BCUT2D eigenvalue weighted by molar-refractivity contribution is 0.0248. The molecule has 0 aliphatic carbocycles. The van der Waals surface area contributed by atoms with Gasteiger partial charge in [0.2, 0.25) is 0 Å². The summed E-state index contributed by atoms with van der Waals surface area (Å²) in [5.41, 5.74) is 1.48. The molecular formula is C15H20N2O. The molecule has 1 aromatic rings. The minimum atomic E-state index is 0.200. The van der Waals surface area contributed by atoms with E-state index in [9.17, 15) is 4.79 Å². The van der Waals surface area contributed by atoms with E-state index in [1.54, 1.807) is 6.07 Å². The molecule has 3 nitrogen and oxygen atoms in total. The molecule has 4 heterocycles. The van der Waals surface area contributed by atoms with Crippen LogP contribution in [-0.4, -0.2) is 28.6 Å². The summed E-state index contributed by atoms with van der Waals surface area (Å²) >= 11 is 0. The quantitative estimate of drug-likeness (QED) is 0.695. The standard InChI is InChI=1S/C15H20N2O/c18-15-6-3-5-14-11-8-12(10-17(14)15)13-4-1-2-7-16(13)9-11/h3,5-6,11-13H,1-2,4,7-10H2/t11?,12?,13-/m0/s1. The molecule has 0 aromatic carbocycles. The van der Waals surface area contributed by atoms with Crippen LogP contribution >= 0.6 is 0 Å². The molecule has 2 fully saturated rings. The summed E-state index contributed by atoms with van der Waals surface area (Å²) in [4.78, 5) is 14.7. The summed E-state index contributed by atoms with van der Waals surface area (Å²) in [5, 5.41) is 0. The van der Waals surface area contributed by atoms with Crippen molar-refractivity contribution in [1.29, 1.82) is 0 Å². The van der Waals surface area contributed by atoms with Crippen molar-refractivity contribution in [2.75, 3.05) is 13.1 Å². The van der Waals surface area contributed by atoms with Crippen molar-refractivity contribution < 1.29 is 0 Å². The maximum atomic E-state index is 12.0. The average Bonchev–Trinajstić information content (AvgIpc) is 2.40. The number of hydrogen-bond donors (Lipinski definition) is 0. The summed E-state index contributed by atoms with van der Waals surface area (Å²) < 4.78 is 2.05. The largest absolute Gasteiger partial charge is 0.312 e. The highest BCUT2D eigenvalue weighted by molar-refractivity contribution is 5.18. The van der Waals surface area contributed by atoms with Crippen LogP contribution in [0.5, 0.6) is 0 Å². The third kappa shape index (κ3) is 1.50. The van der Waals surface area contributed by atoms with E-state index in [1.807, 2.05) is 10.6 Å². The van der Waals surface area contributed by atoms with Gasteiger partial charge in [-0.3, -0.25) is 9.69 Å². The molecule has 2 saturated heterocycles. The molecule has 0 spiro atoms. The van der Waals surface area contributed by atoms with Crippen LogP contribution in [0.25, 0.3) is 0 Å². The number of fused-ring (bicyclic) bond motifs is 6. The fourth-order valence-electron chi connectivity index (χ4n) is 4.39. The Morgan fingerprint density at radius 1 is 1.17 bits per heavy atom. The van der Waals surface area contributed by atoms with E-state index in [-0.39, 0.29) is 5.56 Å². The molecule has 3 heteroatoms. The van der Waals surface area contributed by atoms with E-state index < -0.39 is 0 Å². The minimum Gasteiger partial charge on any atom is -0.312 e. The maximum Gasteiger partial charge on any atom is 0.250 e. The second kappa shape index (κ2) is 3.95. The van der Waals surface area contributed by atoms with Crippen LogP contribution in [-0.2, 0) is 6.54 Å². The minimum absolute atomic E-state index is 0.200. The highest BCUT2D eigenvalue weighted by Crippen LogP contribution is 2.41. The molecule has 96 valence electrons.